The van der Waals surface area contributed by atoms with Crippen LogP contribution in [0.1, 0.15) is 5.56 Å². The minimum absolute atomic E-state index is 0.147. The summed E-state index contributed by atoms with van der Waals surface area (Å²) in [6.07, 6.45) is 0. The van der Waals surface area contributed by atoms with Gasteiger partial charge in [-0.1, -0.05) is 35.9 Å². The molecule has 0 radical (unpaired) electrons. The zero-order valence-corrected chi connectivity index (χ0v) is 17.7. The van der Waals surface area contributed by atoms with Gasteiger partial charge < -0.3 is 14.8 Å². The van der Waals surface area contributed by atoms with Crippen LogP contribution in [0.15, 0.2) is 65.6 Å². The molecule has 0 aliphatic carbocycles. The maximum atomic E-state index is 13.3. The van der Waals surface area contributed by atoms with Gasteiger partial charge in [0, 0.05) is 22.7 Å². The highest BCUT2D eigenvalue weighted by molar-refractivity contribution is 7.93. The van der Waals surface area contributed by atoms with Gasteiger partial charge in [0.05, 0.1) is 10.6 Å². The predicted octanol–water partition coefficient (Wildman–Crippen LogP) is 3.56. The van der Waals surface area contributed by atoms with Gasteiger partial charge in [-0.25, -0.2) is 8.42 Å². The third-order valence-corrected chi connectivity index (χ3v) is 7.24. The number of sulfonamides is 1. The molecule has 9 heteroatoms. The fourth-order valence-corrected chi connectivity index (χ4v) is 5.53. The minimum atomic E-state index is -3.90. The molecule has 1 amide bonds. The number of carbonyl (C=O) groups is 1. The van der Waals surface area contributed by atoms with Gasteiger partial charge in [-0.2, -0.15) is 0 Å². The average Bonchev–Trinajstić information content (AvgIpc) is 3.23. The fourth-order valence-electron chi connectivity index (χ4n) is 3.71. The predicted molar refractivity (Wildman–Crippen MR) is 116 cm³/mol. The highest BCUT2D eigenvalue weighted by Gasteiger charge is 2.35. The smallest absolute Gasteiger partial charge is 0.265 e. The van der Waals surface area contributed by atoms with E-state index in [-0.39, 0.29) is 24.8 Å². The van der Waals surface area contributed by atoms with E-state index in [9.17, 15) is 13.2 Å². The third-order valence-electron chi connectivity index (χ3n) is 5.19. The van der Waals surface area contributed by atoms with E-state index in [1.54, 1.807) is 48.5 Å². The van der Waals surface area contributed by atoms with Crippen molar-refractivity contribution in [1.29, 1.82) is 0 Å². The lowest BCUT2D eigenvalue weighted by molar-refractivity contribution is -0.119. The van der Waals surface area contributed by atoms with E-state index in [0.29, 0.717) is 33.3 Å². The number of nitrogens with zero attached hydrogens (tertiary/aromatic N) is 1. The number of carbonyl (C=O) groups excluding carboxylic acids is 1. The second kappa shape index (κ2) is 7.47. The van der Waals surface area contributed by atoms with Crippen molar-refractivity contribution in [2.75, 3.05) is 17.6 Å². The standard InChI is InChI=1S/C22H17ClN2O5S/c23-15-6-7-18-17(10-15)16-3-1-2-4-21(16)31(27,28)25(18)12-22(26)24-11-14-5-8-19-20(9-14)30-13-29-19/h1-10H,11-13H2,(H,24,26). The van der Waals surface area contributed by atoms with Crippen LogP contribution in [0.25, 0.3) is 11.1 Å². The van der Waals surface area contributed by atoms with Crippen LogP contribution in [0.2, 0.25) is 5.02 Å². The summed E-state index contributed by atoms with van der Waals surface area (Å²) in [4.78, 5) is 12.8. The van der Waals surface area contributed by atoms with Crippen molar-refractivity contribution in [3.8, 4) is 22.6 Å². The summed E-state index contributed by atoms with van der Waals surface area (Å²) in [5, 5.41) is 3.26. The molecule has 2 aliphatic rings. The Hall–Kier alpha value is -3.23. The number of anilines is 1. The number of fused-ring (bicyclic) bond motifs is 4. The Bertz CT molecular complexity index is 1310. The quantitative estimate of drug-likeness (QED) is 0.648. The van der Waals surface area contributed by atoms with Crippen molar-refractivity contribution in [2.24, 2.45) is 0 Å². The number of hydrogen-bond donors (Lipinski definition) is 1. The Morgan fingerprint density at radius 3 is 2.68 bits per heavy atom. The summed E-state index contributed by atoms with van der Waals surface area (Å²) < 4.78 is 38.3. The molecule has 2 aliphatic heterocycles. The van der Waals surface area contributed by atoms with Crippen LogP contribution in [0.5, 0.6) is 11.5 Å². The van der Waals surface area contributed by atoms with Gasteiger partial charge >= 0.3 is 0 Å². The van der Waals surface area contributed by atoms with Gasteiger partial charge in [-0.05, 0) is 42.0 Å². The van der Waals surface area contributed by atoms with Gasteiger partial charge in [-0.3, -0.25) is 9.10 Å². The topological polar surface area (TPSA) is 84.9 Å². The fraction of sp³-hybridized carbons (Fsp3) is 0.136. The SMILES string of the molecule is O=C(CN1c2ccc(Cl)cc2-c2ccccc2S1(=O)=O)NCc1ccc2c(c1)OCO2. The largest absolute Gasteiger partial charge is 0.454 e. The number of ether oxygens (including phenoxy) is 2. The summed E-state index contributed by atoms with van der Waals surface area (Å²) in [6, 6.07) is 17.0. The first kappa shape index (κ1) is 19.7. The molecule has 7 nitrogen and oxygen atoms in total. The van der Waals surface area contributed by atoms with Gasteiger partial charge in [0.15, 0.2) is 11.5 Å². The van der Waals surface area contributed by atoms with Crippen LogP contribution in [-0.4, -0.2) is 27.7 Å². The lowest BCUT2D eigenvalue weighted by Crippen LogP contribution is -2.42. The molecule has 0 bridgehead atoms. The Labute approximate surface area is 184 Å². The van der Waals surface area contributed by atoms with Crippen molar-refractivity contribution >= 4 is 33.2 Å². The lowest BCUT2D eigenvalue weighted by Gasteiger charge is -2.31. The second-order valence-corrected chi connectivity index (χ2v) is 9.40. The van der Waals surface area contributed by atoms with Crippen molar-refractivity contribution in [3.63, 3.8) is 0 Å². The molecule has 0 fully saturated rings. The molecule has 0 saturated heterocycles. The molecule has 0 aromatic heterocycles. The van der Waals surface area contributed by atoms with Crippen molar-refractivity contribution in [2.45, 2.75) is 11.4 Å². The summed E-state index contributed by atoms with van der Waals surface area (Å²) in [5.74, 6) is 0.845. The highest BCUT2D eigenvalue weighted by atomic mass is 35.5. The first-order valence-corrected chi connectivity index (χ1v) is 11.3. The maximum Gasteiger partial charge on any atom is 0.265 e. The van der Waals surface area contributed by atoms with Crippen LogP contribution in [0.3, 0.4) is 0 Å². The third kappa shape index (κ3) is 3.47. The molecule has 5 rings (SSSR count). The van der Waals surface area contributed by atoms with E-state index in [1.165, 1.54) is 6.07 Å². The van der Waals surface area contributed by atoms with Gasteiger partial charge in [0.25, 0.3) is 10.0 Å². The van der Waals surface area contributed by atoms with Crippen molar-refractivity contribution in [1.82, 2.24) is 5.32 Å². The molecule has 3 aromatic carbocycles. The molecule has 158 valence electrons. The van der Waals surface area contributed by atoms with Crippen LogP contribution in [0, 0.1) is 0 Å². The first-order chi connectivity index (χ1) is 14.9. The minimum Gasteiger partial charge on any atom is -0.454 e. The zero-order chi connectivity index (χ0) is 21.6. The highest BCUT2D eigenvalue weighted by Crippen LogP contribution is 2.43. The number of benzene rings is 3. The van der Waals surface area contributed by atoms with E-state index < -0.39 is 15.9 Å². The molecular formula is C22H17ClN2O5S. The monoisotopic (exact) mass is 456 g/mol. The molecular weight excluding hydrogens is 440 g/mol. The normalized spacial score (nSPS) is 15.2. The molecule has 31 heavy (non-hydrogen) atoms. The van der Waals surface area contributed by atoms with E-state index >= 15 is 0 Å². The van der Waals surface area contributed by atoms with E-state index in [2.05, 4.69) is 5.32 Å². The number of hydrogen-bond acceptors (Lipinski definition) is 5. The Morgan fingerprint density at radius 2 is 1.81 bits per heavy atom. The van der Waals surface area contributed by atoms with Crippen molar-refractivity contribution in [3.05, 3.63) is 71.2 Å². The van der Waals surface area contributed by atoms with Crippen LogP contribution in [0.4, 0.5) is 5.69 Å². The Balaban J connectivity index is 1.40. The average molecular weight is 457 g/mol. The number of rotatable bonds is 4. The van der Waals surface area contributed by atoms with Crippen LogP contribution >= 0.6 is 11.6 Å². The summed E-state index contributed by atoms with van der Waals surface area (Å²) in [5.41, 5.74) is 2.47. The number of amides is 1. The molecule has 1 N–H and O–H groups in total. The van der Waals surface area contributed by atoms with Gasteiger partial charge in [-0.15, -0.1) is 0 Å². The van der Waals surface area contributed by atoms with Crippen LogP contribution in [-0.2, 0) is 21.4 Å². The molecule has 0 atom stereocenters. The lowest BCUT2D eigenvalue weighted by atomic mass is 10.0. The Kier molecular flexibility index (Phi) is 4.75. The first-order valence-electron chi connectivity index (χ1n) is 9.50. The van der Waals surface area contributed by atoms with Gasteiger partial charge in [0.2, 0.25) is 12.7 Å². The van der Waals surface area contributed by atoms with E-state index in [1.807, 2.05) is 6.07 Å². The summed E-state index contributed by atoms with van der Waals surface area (Å²) >= 11 is 6.16. The summed E-state index contributed by atoms with van der Waals surface area (Å²) in [7, 11) is -3.90. The van der Waals surface area contributed by atoms with Crippen molar-refractivity contribution < 1.29 is 22.7 Å². The van der Waals surface area contributed by atoms with Gasteiger partial charge in [0.1, 0.15) is 6.54 Å². The maximum absolute atomic E-state index is 13.3. The zero-order valence-electron chi connectivity index (χ0n) is 16.2. The van der Waals surface area contributed by atoms with E-state index in [0.717, 1.165) is 9.87 Å². The molecule has 3 aromatic rings. The van der Waals surface area contributed by atoms with Crippen LogP contribution < -0.4 is 19.1 Å². The second-order valence-electron chi connectivity index (χ2n) is 7.13. The number of halogens is 1. The molecule has 0 unspecified atom stereocenters. The number of nitrogens with one attached hydrogen (secondary N) is 1. The molecule has 0 spiro atoms. The Morgan fingerprint density at radius 1 is 1.00 bits per heavy atom. The summed E-state index contributed by atoms with van der Waals surface area (Å²) in [6.45, 7) is 0.0478. The molecule has 2 heterocycles. The van der Waals surface area contributed by atoms with E-state index in [4.69, 9.17) is 21.1 Å². The molecule has 0 saturated carbocycles.